The van der Waals surface area contributed by atoms with Gasteiger partial charge in [0.05, 0.1) is 32.9 Å². The number of likely N-dealkylation sites (tertiary alicyclic amines) is 1. The predicted molar refractivity (Wildman–Crippen MR) is 129 cm³/mol. The number of amides is 1. The van der Waals surface area contributed by atoms with Crippen molar-refractivity contribution in [2.24, 2.45) is 0 Å². The standard InChI is InChI=1S/C27H26N2O6/c1-16-12-18(33-2)7-9-20(16)25(30)23-24(21-13-19(34-3)8-10-22(21)35-4)29(27(32)26(23)31)15-17-6-5-11-28-14-17/h5-14,24,30H,15H2,1-4H3/b25-23+/t24-/m0/s1. The predicted octanol–water partition coefficient (Wildman–Crippen LogP) is 4.04. The van der Waals surface area contributed by atoms with E-state index in [0.29, 0.717) is 33.9 Å². The monoisotopic (exact) mass is 474 g/mol. The van der Waals surface area contributed by atoms with Crippen LogP contribution in [-0.2, 0) is 16.1 Å². The number of carbonyl (C=O) groups is 2. The average Bonchev–Trinajstić information content (AvgIpc) is 3.13. The average molecular weight is 475 g/mol. The lowest BCUT2D eigenvalue weighted by Crippen LogP contribution is -2.29. The van der Waals surface area contributed by atoms with Crippen LogP contribution >= 0.6 is 0 Å². The summed E-state index contributed by atoms with van der Waals surface area (Å²) in [6.45, 7) is 1.91. The number of benzene rings is 2. The minimum absolute atomic E-state index is 0.0290. The molecule has 35 heavy (non-hydrogen) atoms. The van der Waals surface area contributed by atoms with Gasteiger partial charge in [-0.05, 0) is 60.5 Å². The lowest BCUT2D eigenvalue weighted by Gasteiger charge is -2.27. The number of aryl methyl sites for hydroxylation is 1. The number of hydrogen-bond donors (Lipinski definition) is 1. The van der Waals surface area contributed by atoms with Crippen molar-refractivity contribution in [1.82, 2.24) is 9.88 Å². The number of methoxy groups -OCH3 is 3. The minimum Gasteiger partial charge on any atom is -0.507 e. The summed E-state index contributed by atoms with van der Waals surface area (Å²) < 4.78 is 16.2. The van der Waals surface area contributed by atoms with Crippen LogP contribution in [0.15, 0.2) is 66.5 Å². The third-order valence-electron chi connectivity index (χ3n) is 6.04. The Labute approximate surface area is 203 Å². The van der Waals surface area contributed by atoms with Gasteiger partial charge >= 0.3 is 0 Å². The van der Waals surface area contributed by atoms with Crippen molar-refractivity contribution in [3.63, 3.8) is 0 Å². The van der Waals surface area contributed by atoms with Gasteiger partial charge in [0.1, 0.15) is 23.0 Å². The number of rotatable bonds is 7. The van der Waals surface area contributed by atoms with Gasteiger partial charge in [-0.3, -0.25) is 14.6 Å². The maximum atomic E-state index is 13.4. The highest BCUT2D eigenvalue weighted by molar-refractivity contribution is 6.46. The molecule has 2 aromatic carbocycles. The highest BCUT2D eigenvalue weighted by atomic mass is 16.5. The molecule has 3 aromatic rings. The molecule has 1 amide bonds. The second-order valence-electron chi connectivity index (χ2n) is 8.08. The number of aromatic nitrogens is 1. The molecular formula is C27H26N2O6. The third-order valence-corrected chi connectivity index (χ3v) is 6.04. The summed E-state index contributed by atoms with van der Waals surface area (Å²) in [4.78, 5) is 32.2. The Bertz CT molecular complexity index is 1300. The largest absolute Gasteiger partial charge is 0.507 e. The quantitative estimate of drug-likeness (QED) is 0.314. The van der Waals surface area contributed by atoms with E-state index in [1.165, 1.54) is 19.1 Å². The van der Waals surface area contributed by atoms with Gasteiger partial charge in [-0.25, -0.2) is 0 Å². The number of aliphatic hydroxyl groups excluding tert-OH is 1. The van der Waals surface area contributed by atoms with Crippen LogP contribution < -0.4 is 14.2 Å². The van der Waals surface area contributed by atoms with Crippen LogP contribution in [0.2, 0.25) is 0 Å². The number of ketones is 1. The zero-order valence-electron chi connectivity index (χ0n) is 19.9. The summed E-state index contributed by atoms with van der Waals surface area (Å²) in [5.41, 5.74) is 2.34. The highest BCUT2D eigenvalue weighted by Crippen LogP contribution is 2.44. The van der Waals surface area contributed by atoms with Crippen molar-refractivity contribution in [2.45, 2.75) is 19.5 Å². The van der Waals surface area contributed by atoms with E-state index >= 15 is 0 Å². The number of carbonyl (C=O) groups excluding carboxylic acids is 2. The van der Waals surface area contributed by atoms with Crippen LogP contribution in [0.3, 0.4) is 0 Å². The van der Waals surface area contributed by atoms with E-state index < -0.39 is 17.7 Å². The first-order chi connectivity index (χ1) is 16.9. The topological polar surface area (TPSA) is 98.2 Å². The van der Waals surface area contributed by atoms with E-state index in [2.05, 4.69) is 4.98 Å². The Morgan fingerprint density at radius 3 is 2.34 bits per heavy atom. The molecule has 0 spiro atoms. The number of hydrogen-bond acceptors (Lipinski definition) is 7. The summed E-state index contributed by atoms with van der Waals surface area (Å²) in [7, 11) is 4.58. The van der Waals surface area contributed by atoms with Crippen LogP contribution in [0.25, 0.3) is 5.76 Å². The maximum absolute atomic E-state index is 13.4. The summed E-state index contributed by atoms with van der Waals surface area (Å²) in [6.07, 6.45) is 3.26. The van der Waals surface area contributed by atoms with E-state index in [9.17, 15) is 14.7 Å². The van der Waals surface area contributed by atoms with Gasteiger partial charge < -0.3 is 24.2 Å². The highest BCUT2D eigenvalue weighted by Gasteiger charge is 2.47. The molecule has 1 fully saturated rings. The smallest absolute Gasteiger partial charge is 0.295 e. The molecule has 0 saturated carbocycles. The van der Waals surface area contributed by atoms with E-state index in [4.69, 9.17) is 14.2 Å². The van der Waals surface area contributed by atoms with Crippen molar-refractivity contribution in [3.05, 3.63) is 88.8 Å². The molecule has 1 N–H and O–H groups in total. The second kappa shape index (κ2) is 9.89. The third kappa shape index (κ3) is 4.42. The Balaban J connectivity index is 1.95. The van der Waals surface area contributed by atoms with Gasteiger partial charge in [-0.2, -0.15) is 0 Å². The van der Waals surface area contributed by atoms with Crippen LogP contribution in [0.1, 0.15) is 28.3 Å². The number of ether oxygens (including phenoxy) is 3. The van der Waals surface area contributed by atoms with Crippen molar-refractivity contribution in [3.8, 4) is 17.2 Å². The SMILES string of the molecule is COc1ccc(/C(O)=C2\C(=O)C(=O)N(Cc3cccnc3)[C@H]2c2cc(OC)ccc2OC)c(C)c1. The fourth-order valence-electron chi connectivity index (χ4n) is 4.28. The van der Waals surface area contributed by atoms with Gasteiger partial charge in [0.25, 0.3) is 11.7 Å². The Hall–Kier alpha value is -4.33. The second-order valence-corrected chi connectivity index (χ2v) is 8.08. The van der Waals surface area contributed by atoms with Crippen molar-refractivity contribution < 1.29 is 28.9 Å². The van der Waals surface area contributed by atoms with E-state index in [0.717, 1.165) is 5.56 Å². The summed E-state index contributed by atoms with van der Waals surface area (Å²) in [5.74, 6) is -0.193. The minimum atomic E-state index is -0.915. The van der Waals surface area contributed by atoms with Gasteiger partial charge in [-0.15, -0.1) is 0 Å². The van der Waals surface area contributed by atoms with Crippen molar-refractivity contribution in [1.29, 1.82) is 0 Å². The molecule has 0 aliphatic carbocycles. The van der Waals surface area contributed by atoms with Crippen molar-refractivity contribution >= 4 is 17.4 Å². The Morgan fingerprint density at radius 2 is 1.71 bits per heavy atom. The summed E-state index contributed by atoms with van der Waals surface area (Å²) in [6, 6.07) is 12.9. The normalized spacial score (nSPS) is 16.9. The van der Waals surface area contributed by atoms with Crippen LogP contribution in [0.5, 0.6) is 17.2 Å². The first kappa shape index (κ1) is 23.8. The van der Waals surface area contributed by atoms with E-state index in [1.54, 1.807) is 68.9 Å². The zero-order valence-corrected chi connectivity index (χ0v) is 19.9. The maximum Gasteiger partial charge on any atom is 0.295 e. The summed E-state index contributed by atoms with van der Waals surface area (Å²) >= 11 is 0. The van der Waals surface area contributed by atoms with E-state index in [1.807, 2.05) is 6.07 Å². The van der Waals surface area contributed by atoms with Gasteiger partial charge in [0.15, 0.2) is 0 Å². The molecule has 180 valence electrons. The number of pyridine rings is 1. The van der Waals surface area contributed by atoms with Gasteiger partial charge in [0.2, 0.25) is 0 Å². The van der Waals surface area contributed by atoms with Gasteiger partial charge in [0, 0.05) is 30.1 Å². The first-order valence-electron chi connectivity index (χ1n) is 10.9. The molecule has 1 aliphatic heterocycles. The first-order valence-corrected chi connectivity index (χ1v) is 10.9. The van der Waals surface area contributed by atoms with Crippen LogP contribution in [0, 0.1) is 6.92 Å². The molecule has 0 bridgehead atoms. The van der Waals surface area contributed by atoms with Crippen molar-refractivity contribution in [2.75, 3.05) is 21.3 Å². The molecule has 1 aromatic heterocycles. The number of nitrogens with zero attached hydrogens (tertiary/aromatic N) is 2. The molecule has 4 rings (SSSR count). The molecule has 1 atom stereocenters. The van der Waals surface area contributed by atoms with Crippen LogP contribution in [0.4, 0.5) is 0 Å². The molecule has 0 unspecified atom stereocenters. The molecular weight excluding hydrogens is 448 g/mol. The fraction of sp³-hybridized carbons (Fsp3) is 0.222. The molecule has 2 heterocycles. The Kier molecular flexibility index (Phi) is 6.73. The zero-order chi connectivity index (χ0) is 25.1. The Morgan fingerprint density at radius 1 is 1.00 bits per heavy atom. The fourth-order valence-corrected chi connectivity index (χ4v) is 4.28. The number of aliphatic hydroxyl groups is 1. The summed E-state index contributed by atoms with van der Waals surface area (Å²) in [5, 5.41) is 11.4. The lowest BCUT2D eigenvalue weighted by molar-refractivity contribution is -0.140. The molecule has 0 radical (unpaired) electrons. The molecule has 8 nitrogen and oxygen atoms in total. The molecule has 1 aliphatic rings. The van der Waals surface area contributed by atoms with E-state index in [-0.39, 0.29) is 17.9 Å². The van der Waals surface area contributed by atoms with Gasteiger partial charge in [-0.1, -0.05) is 6.07 Å². The van der Waals surface area contributed by atoms with Crippen LogP contribution in [-0.4, -0.2) is 48.0 Å². The number of Topliss-reactive ketones (excluding diaryl/α,β-unsaturated/α-hetero) is 1. The molecule has 1 saturated heterocycles. The molecule has 8 heteroatoms. The lowest BCUT2D eigenvalue weighted by atomic mass is 9.93.